The Hall–Kier alpha value is -1.37. The van der Waals surface area contributed by atoms with Crippen LogP contribution in [0.1, 0.15) is 17.3 Å². The van der Waals surface area contributed by atoms with Gasteiger partial charge in [0.2, 0.25) is 0 Å². The van der Waals surface area contributed by atoms with Crippen LogP contribution in [-0.2, 0) is 16.2 Å². The number of nitrogens with zero attached hydrogens (tertiary/aromatic N) is 2. The highest BCUT2D eigenvalue weighted by molar-refractivity contribution is 6.76. The predicted octanol–water partition coefficient (Wildman–Crippen LogP) is 4.18. The summed E-state index contributed by atoms with van der Waals surface area (Å²) in [6.45, 7) is 10.2. The van der Waals surface area contributed by atoms with Gasteiger partial charge in [0.25, 0.3) is 0 Å². The number of hydrogen-bond donors (Lipinski definition) is 0. The van der Waals surface area contributed by atoms with Gasteiger partial charge in [-0.3, -0.25) is 0 Å². The van der Waals surface area contributed by atoms with E-state index in [2.05, 4.69) is 24.6 Å². The smallest absolute Gasteiger partial charge is 0.338 e. The molecule has 0 N–H and O–H groups in total. The van der Waals surface area contributed by atoms with E-state index in [1.165, 1.54) is 6.07 Å². The maximum Gasteiger partial charge on any atom is 0.338 e. The van der Waals surface area contributed by atoms with E-state index in [-0.39, 0.29) is 11.1 Å². The Kier molecular flexibility index (Phi) is 5.83. The van der Waals surface area contributed by atoms with Crippen LogP contribution in [0.5, 0.6) is 0 Å². The van der Waals surface area contributed by atoms with Gasteiger partial charge in [0.15, 0.2) is 0 Å². The summed E-state index contributed by atoms with van der Waals surface area (Å²) in [7, 11) is -1.11. The number of esters is 1. The quantitative estimate of drug-likeness (QED) is 0.324. The number of pyridine rings is 1. The molecular weight excluding hydrogens is 332 g/mol. The molecule has 7 heteroatoms. The third-order valence-corrected chi connectivity index (χ3v) is 5.32. The Morgan fingerprint density at radius 2 is 2.13 bits per heavy atom. The first kappa shape index (κ1) is 18.0. The van der Waals surface area contributed by atoms with E-state index >= 15 is 0 Å². The molecule has 0 bridgehead atoms. The van der Waals surface area contributed by atoms with Crippen LogP contribution in [0.4, 0.5) is 0 Å². The van der Waals surface area contributed by atoms with Gasteiger partial charge in [-0.15, -0.1) is 0 Å². The summed E-state index contributed by atoms with van der Waals surface area (Å²) in [6.07, 6.45) is 1.85. The van der Waals surface area contributed by atoms with E-state index in [0.29, 0.717) is 24.5 Å². The monoisotopic (exact) mass is 354 g/mol. The number of aromatic nitrogens is 2. The minimum absolute atomic E-state index is 0.266. The molecule has 2 aromatic rings. The van der Waals surface area contributed by atoms with E-state index in [0.717, 1.165) is 18.0 Å². The largest absolute Gasteiger partial charge is 0.462 e. The molecule has 0 aliphatic carbocycles. The maximum absolute atomic E-state index is 12.0. The summed E-state index contributed by atoms with van der Waals surface area (Å²) in [4.78, 5) is 16.4. The Labute approximate surface area is 142 Å². The molecule has 2 aromatic heterocycles. The summed E-state index contributed by atoms with van der Waals surface area (Å²) in [5, 5.41) is 0.990. The average Bonchev–Trinajstić information content (AvgIpc) is 2.85. The summed E-state index contributed by atoms with van der Waals surface area (Å²) in [5.41, 5.74) is 1.07. The number of carbonyl (C=O) groups excluding carboxylic acids is 1. The van der Waals surface area contributed by atoms with Gasteiger partial charge in [0, 0.05) is 26.3 Å². The zero-order valence-corrected chi connectivity index (χ0v) is 15.8. The Morgan fingerprint density at radius 1 is 1.39 bits per heavy atom. The second-order valence-electron chi connectivity index (χ2n) is 6.58. The topological polar surface area (TPSA) is 53.3 Å². The zero-order valence-electron chi connectivity index (χ0n) is 14.1. The van der Waals surface area contributed by atoms with Gasteiger partial charge in [-0.2, -0.15) is 0 Å². The van der Waals surface area contributed by atoms with Crippen molar-refractivity contribution < 1.29 is 14.3 Å². The van der Waals surface area contributed by atoms with Gasteiger partial charge in [0.05, 0.1) is 12.2 Å². The third kappa shape index (κ3) is 4.80. The maximum atomic E-state index is 12.0. The van der Waals surface area contributed by atoms with Crippen molar-refractivity contribution in [2.75, 3.05) is 13.2 Å². The first-order valence-electron chi connectivity index (χ1n) is 7.72. The standard InChI is InChI=1S/C16H23ClN2O3Si/c1-5-22-16(20)13-10-14(17)18-15-12(13)6-7-19(15)11-21-8-9-23(2,3)4/h6-7,10H,5,8-9,11H2,1-4H3. The number of ether oxygens (including phenoxy) is 2. The van der Waals surface area contributed by atoms with E-state index in [1.807, 2.05) is 16.8 Å². The van der Waals surface area contributed by atoms with Gasteiger partial charge >= 0.3 is 5.97 Å². The Balaban J connectivity index is 2.18. The summed E-state index contributed by atoms with van der Waals surface area (Å²) in [6, 6.07) is 4.49. The fourth-order valence-electron chi connectivity index (χ4n) is 2.15. The molecule has 5 nitrogen and oxygen atoms in total. The predicted molar refractivity (Wildman–Crippen MR) is 94.8 cm³/mol. The van der Waals surface area contributed by atoms with E-state index in [9.17, 15) is 4.79 Å². The molecular formula is C16H23ClN2O3Si. The van der Waals surface area contributed by atoms with Crippen molar-refractivity contribution >= 4 is 36.7 Å². The van der Waals surface area contributed by atoms with Crippen LogP contribution in [0.25, 0.3) is 11.0 Å². The van der Waals surface area contributed by atoms with E-state index in [4.69, 9.17) is 21.1 Å². The van der Waals surface area contributed by atoms with Gasteiger partial charge in [0.1, 0.15) is 17.5 Å². The molecule has 0 aromatic carbocycles. The van der Waals surface area contributed by atoms with Crippen LogP contribution >= 0.6 is 11.6 Å². The lowest BCUT2D eigenvalue weighted by Gasteiger charge is -2.15. The molecule has 0 saturated carbocycles. The molecule has 0 fully saturated rings. The van der Waals surface area contributed by atoms with Crippen molar-refractivity contribution in [1.29, 1.82) is 0 Å². The van der Waals surface area contributed by atoms with Crippen molar-refractivity contribution in [3.63, 3.8) is 0 Å². The number of hydrogen-bond acceptors (Lipinski definition) is 4. The second kappa shape index (κ2) is 7.46. The SMILES string of the molecule is CCOC(=O)c1cc(Cl)nc2c1ccn2COCC[Si](C)(C)C. The molecule has 0 aliphatic rings. The highest BCUT2D eigenvalue weighted by atomic mass is 35.5. The summed E-state index contributed by atoms with van der Waals surface area (Å²) >= 11 is 6.05. The lowest BCUT2D eigenvalue weighted by molar-refractivity contribution is 0.0528. The second-order valence-corrected chi connectivity index (χ2v) is 12.6. The summed E-state index contributed by atoms with van der Waals surface area (Å²) in [5.74, 6) is -0.390. The van der Waals surface area contributed by atoms with Crippen LogP contribution in [0.3, 0.4) is 0 Å². The van der Waals surface area contributed by atoms with Crippen molar-refractivity contribution in [1.82, 2.24) is 9.55 Å². The van der Waals surface area contributed by atoms with Crippen LogP contribution in [0.15, 0.2) is 18.3 Å². The zero-order chi connectivity index (χ0) is 17.0. The minimum atomic E-state index is -1.11. The number of halogens is 1. The summed E-state index contributed by atoms with van der Waals surface area (Å²) < 4.78 is 12.7. The highest BCUT2D eigenvalue weighted by Crippen LogP contribution is 2.23. The molecule has 23 heavy (non-hydrogen) atoms. The molecule has 0 saturated heterocycles. The number of carbonyl (C=O) groups is 1. The highest BCUT2D eigenvalue weighted by Gasteiger charge is 2.17. The van der Waals surface area contributed by atoms with Crippen LogP contribution in [0.2, 0.25) is 30.8 Å². The number of fused-ring (bicyclic) bond motifs is 1. The first-order valence-corrected chi connectivity index (χ1v) is 11.8. The lowest BCUT2D eigenvalue weighted by atomic mass is 10.2. The fourth-order valence-corrected chi connectivity index (χ4v) is 3.10. The molecule has 0 atom stereocenters. The van der Waals surface area contributed by atoms with E-state index < -0.39 is 8.07 Å². The molecule has 126 valence electrons. The van der Waals surface area contributed by atoms with Crippen LogP contribution in [0, 0.1) is 0 Å². The average molecular weight is 355 g/mol. The minimum Gasteiger partial charge on any atom is -0.462 e. The molecule has 0 unspecified atom stereocenters. The Morgan fingerprint density at radius 3 is 2.78 bits per heavy atom. The van der Waals surface area contributed by atoms with Gasteiger partial charge in [-0.05, 0) is 25.1 Å². The van der Waals surface area contributed by atoms with Crippen molar-refractivity contribution in [2.24, 2.45) is 0 Å². The molecule has 0 aliphatic heterocycles. The molecule has 0 amide bonds. The van der Waals surface area contributed by atoms with Gasteiger partial charge in [-0.1, -0.05) is 31.2 Å². The normalized spacial score (nSPS) is 11.9. The first-order chi connectivity index (χ1) is 10.8. The molecule has 0 radical (unpaired) electrons. The molecule has 0 spiro atoms. The van der Waals surface area contributed by atoms with E-state index in [1.54, 1.807) is 6.92 Å². The van der Waals surface area contributed by atoms with Crippen molar-refractivity contribution in [3.05, 3.63) is 29.0 Å². The van der Waals surface area contributed by atoms with Gasteiger partial charge < -0.3 is 14.0 Å². The fraction of sp³-hybridized carbons (Fsp3) is 0.500. The van der Waals surface area contributed by atoms with Crippen LogP contribution < -0.4 is 0 Å². The molecule has 2 rings (SSSR count). The van der Waals surface area contributed by atoms with Crippen molar-refractivity contribution in [3.8, 4) is 0 Å². The number of rotatable bonds is 7. The van der Waals surface area contributed by atoms with Gasteiger partial charge in [-0.25, -0.2) is 9.78 Å². The molecule has 2 heterocycles. The van der Waals surface area contributed by atoms with Crippen molar-refractivity contribution in [2.45, 2.75) is 39.3 Å². The van der Waals surface area contributed by atoms with Crippen LogP contribution in [-0.4, -0.2) is 36.8 Å². The lowest BCUT2D eigenvalue weighted by Crippen LogP contribution is -2.22. The Bertz CT molecular complexity index is 694. The third-order valence-electron chi connectivity index (χ3n) is 3.42.